The monoisotopic (exact) mass is 305 g/mol. The summed E-state index contributed by atoms with van der Waals surface area (Å²) in [6, 6.07) is 0. The zero-order valence-electron chi connectivity index (χ0n) is 13.0. The van der Waals surface area contributed by atoms with E-state index in [0.717, 1.165) is 6.42 Å². The molecule has 1 amide bonds. The third-order valence-corrected chi connectivity index (χ3v) is 5.94. The standard InChI is InChI=1S/C13H27N3O3S/c1-5-6-12(2)20(18,19)16-9-7-15(8-10-16)13(17)11-14(3)4/h12H,5-11H2,1-4H3/t12-/m1/s1. The quantitative estimate of drug-likeness (QED) is 0.704. The number of hydrogen-bond acceptors (Lipinski definition) is 4. The van der Waals surface area contributed by atoms with E-state index < -0.39 is 10.0 Å². The zero-order chi connectivity index (χ0) is 15.3. The topological polar surface area (TPSA) is 60.9 Å². The molecule has 0 spiro atoms. The first-order chi connectivity index (χ1) is 9.28. The Balaban J connectivity index is 2.55. The van der Waals surface area contributed by atoms with Gasteiger partial charge in [0, 0.05) is 26.2 Å². The molecule has 1 heterocycles. The number of amides is 1. The summed E-state index contributed by atoms with van der Waals surface area (Å²) < 4.78 is 26.2. The van der Waals surface area contributed by atoms with E-state index in [-0.39, 0.29) is 11.2 Å². The number of carbonyl (C=O) groups is 1. The highest BCUT2D eigenvalue weighted by Crippen LogP contribution is 2.16. The van der Waals surface area contributed by atoms with Gasteiger partial charge in [-0.2, -0.15) is 4.31 Å². The van der Waals surface area contributed by atoms with Gasteiger partial charge in [0.1, 0.15) is 0 Å². The summed E-state index contributed by atoms with van der Waals surface area (Å²) in [5.74, 6) is 0.0636. The van der Waals surface area contributed by atoms with Gasteiger partial charge in [-0.25, -0.2) is 8.42 Å². The molecule has 1 saturated heterocycles. The molecule has 1 rings (SSSR count). The number of sulfonamides is 1. The Bertz CT molecular complexity index is 415. The molecule has 0 N–H and O–H groups in total. The minimum atomic E-state index is -3.21. The normalized spacial score (nSPS) is 19.4. The Morgan fingerprint density at radius 3 is 2.20 bits per heavy atom. The summed E-state index contributed by atoms with van der Waals surface area (Å²) in [7, 11) is 0.493. The van der Waals surface area contributed by atoms with Crippen LogP contribution in [0.15, 0.2) is 0 Å². The molecule has 0 bridgehead atoms. The van der Waals surface area contributed by atoms with Crippen molar-refractivity contribution in [2.75, 3.05) is 46.8 Å². The van der Waals surface area contributed by atoms with E-state index in [1.165, 1.54) is 4.31 Å². The van der Waals surface area contributed by atoms with Crippen LogP contribution in [0.5, 0.6) is 0 Å². The number of hydrogen-bond donors (Lipinski definition) is 0. The number of carbonyl (C=O) groups excluding carboxylic acids is 1. The Morgan fingerprint density at radius 2 is 1.75 bits per heavy atom. The first-order valence-electron chi connectivity index (χ1n) is 7.20. The maximum absolute atomic E-state index is 12.3. The largest absolute Gasteiger partial charge is 0.339 e. The average molecular weight is 305 g/mol. The lowest BCUT2D eigenvalue weighted by molar-refractivity contribution is -0.133. The van der Waals surface area contributed by atoms with Gasteiger partial charge in [0.05, 0.1) is 11.8 Å². The molecule has 0 aromatic rings. The smallest absolute Gasteiger partial charge is 0.236 e. The van der Waals surface area contributed by atoms with E-state index in [1.807, 2.05) is 25.9 Å². The fourth-order valence-corrected chi connectivity index (χ4v) is 4.09. The summed E-state index contributed by atoms with van der Waals surface area (Å²) in [6.45, 7) is 5.94. The van der Waals surface area contributed by atoms with Crippen LogP contribution in [0.1, 0.15) is 26.7 Å². The molecule has 0 unspecified atom stereocenters. The van der Waals surface area contributed by atoms with Crippen LogP contribution in [-0.4, -0.2) is 80.5 Å². The molecular formula is C13H27N3O3S. The fraction of sp³-hybridized carbons (Fsp3) is 0.923. The summed E-state index contributed by atoms with van der Waals surface area (Å²) in [6.07, 6.45) is 1.55. The van der Waals surface area contributed by atoms with E-state index >= 15 is 0 Å². The Kier molecular flexibility index (Phi) is 6.42. The summed E-state index contributed by atoms with van der Waals surface area (Å²) >= 11 is 0. The van der Waals surface area contributed by atoms with Crippen molar-refractivity contribution in [3.05, 3.63) is 0 Å². The lowest BCUT2D eigenvalue weighted by Crippen LogP contribution is -2.53. The van der Waals surface area contributed by atoms with Crippen molar-refractivity contribution in [1.82, 2.24) is 14.1 Å². The highest BCUT2D eigenvalue weighted by Gasteiger charge is 2.32. The molecule has 1 atom stereocenters. The van der Waals surface area contributed by atoms with E-state index in [0.29, 0.717) is 39.1 Å². The van der Waals surface area contributed by atoms with E-state index in [4.69, 9.17) is 0 Å². The first kappa shape index (κ1) is 17.4. The predicted octanol–water partition coefficient (Wildman–Crippen LogP) is 0.211. The lowest BCUT2D eigenvalue weighted by Gasteiger charge is -2.35. The Morgan fingerprint density at radius 1 is 1.20 bits per heavy atom. The zero-order valence-corrected chi connectivity index (χ0v) is 13.8. The highest BCUT2D eigenvalue weighted by atomic mass is 32.2. The van der Waals surface area contributed by atoms with Crippen LogP contribution in [-0.2, 0) is 14.8 Å². The third-order valence-electron chi connectivity index (χ3n) is 3.61. The molecule has 0 saturated carbocycles. The molecule has 0 aliphatic carbocycles. The van der Waals surface area contributed by atoms with Crippen LogP contribution in [0, 0.1) is 0 Å². The summed E-state index contributed by atoms with van der Waals surface area (Å²) in [5.41, 5.74) is 0. The van der Waals surface area contributed by atoms with Gasteiger partial charge in [-0.3, -0.25) is 4.79 Å². The van der Waals surface area contributed by atoms with Gasteiger partial charge in [-0.05, 0) is 27.4 Å². The van der Waals surface area contributed by atoms with Crippen LogP contribution in [0.3, 0.4) is 0 Å². The molecule has 0 radical (unpaired) electrons. The van der Waals surface area contributed by atoms with Crippen molar-refractivity contribution in [1.29, 1.82) is 0 Å². The predicted molar refractivity (Wildman–Crippen MR) is 80.0 cm³/mol. The van der Waals surface area contributed by atoms with Crippen molar-refractivity contribution in [2.24, 2.45) is 0 Å². The molecule has 0 aromatic carbocycles. The maximum atomic E-state index is 12.3. The molecule has 0 aromatic heterocycles. The fourth-order valence-electron chi connectivity index (χ4n) is 2.37. The first-order valence-corrected chi connectivity index (χ1v) is 8.70. The molecule has 1 aliphatic heterocycles. The second-order valence-corrected chi connectivity index (χ2v) is 8.01. The molecule has 20 heavy (non-hydrogen) atoms. The SMILES string of the molecule is CCC[C@@H](C)S(=O)(=O)N1CCN(C(=O)CN(C)C)CC1. The van der Waals surface area contributed by atoms with Gasteiger partial charge in [-0.15, -0.1) is 0 Å². The molecule has 6 nitrogen and oxygen atoms in total. The van der Waals surface area contributed by atoms with E-state index in [2.05, 4.69) is 0 Å². The average Bonchev–Trinajstić information content (AvgIpc) is 2.38. The number of nitrogens with zero attached hydrogens (tertiary/aromatic N) is 3. The number of likely N-dealkylation sites (N-methyl/N-ethyl adjacent to an activating group) is 1. The second kappa shape index (κ2) is 7.38. The van der Waals surface area contributed by atoms with Gasteiger partial charge < -0.3 is 9.80 Å². The Hall–Kier alpha value is -0.660. The highest BCUT2D eigenvalue weighted by molar-refractivity contribution is 7.89. The minimum Gasteiger partial charge on any atom is -0.339 e. The number of rotatable bonds is 6. The van der Waals surface area contributed by atoms with Crippen LogP contribution in [0.25, 0.3) is 0 Å². The van der Waals surface area contributed by atoms with Gasteiger partial charge in [0.2, 0.25) is 15.9 Å². The van der Waals surface area contributed by atoms with Crippen molar-refractivity contribution < 1.29 is 13.2 Å². The van der Waals surface area contributed by atoms with Gasteiger partial charge >= 0.3 is 0 Å². The van der Waals surface area contributed by atoms with E-state index in [9.17, 15) is 13.2 Å². The van der Waals surface area contributed by atoms with Crippen molar-refractivity contribution >= 4 is 15.9 Å². The summed E-state index contributed by atoms with van der Waals surface area (Å²) in [5, 5.41) is -0.337. The second-order valence-electron chi connectivity index (χ2n) is 5.66. The van der Waals surface area contributed by atoms with Crippen LogP contribution in [0.4, 0.5) is 0 Å². The number of piperazine rings is 1. The van der Waals surface area contributed by atoms with Crippen molar-refractivity contribution in [3.63, 3.8) is 0 Å². The van der Waals surface area contributed by atoms with E-state index in [1.54, 1.807) is 11.8 Å². The van der Waals surface area contributed by atoms with Crippen molar-refractivity contribution in [2.45, 2.75) is 31.9 Å². The Labute approximate surface area is 122 Å². The summed E-state index contributed by atoms with van der Waals surface area (Å²) in [4.78, 5) is 15.5. The van der Waals surface area contributed by atoms with Gasteiger partial charge in [-0.1, -0.05) is 13.3 Å². The van der Waals surface area contributed by atoms with Crippen LogP contribution >= 0.6 is 0 Å². The molecule has 7 heteroatoms. The molecule has 1 fully saturated rings. The minimum absolute atomic E-state index is 0.0636. The third kappa shape index (κ3) is 4.43. The van der Waals surface area contributed by atoms with Gasteiger partial charge in [0.25, 0.3) is 0 Å². The maximum Gasteiger partial charge on any atom is 0.236 e. The van der Waals surface area contributed by atoms with Crippen molar-refractivity contribution in [3.8, 4) is 0 Å². The van der Waals surface area contributed by atoms with Crippen LogP contribution < -0.4 is 0 Å². The van der Waals surface area contributed by atoms with Crippen LogP contribution in [0.2, 0.25) is 0 Å². The molecule has 1 aliphatic rings. The molecular weight excluding hydrogens is 278 g/mol. The van der Waals surface area contributed by atoms with Gasteiger partial charge in [0.15, 0.2) is 0 Å². The molecule has 118 valence electrons. The lowest BCUT2D eigenvalue weighted by atomic mass is 10.3.